The van der Waals surface area contributed by atoms with Gasteiger partial charge in [-0.25, -0.2) is 4.79 Å². The molecule has 4 nitrogen and oxygen atoms in total. The Labute approximate surface area is 194 Å². The standard InChI is InChI=1S/C20H21ClN2O2S4/c1-11(2)28-20-14(10-22)16(12-4-6-13(21)7-5-12)17(29-20)18(26)23-15(19(24)25)8-9-27-3/h4-7,11,15H,8-9H2,1-3H3,(H,23,26)(H,24,25)/t15-/m0/s1. The van der Waals surface area contributed by atoms with Crippen LogP contribution in [0.5, 0.6) is 0 Å². The Bertz CT molecular complexity index is 920. The molecule has 0 aliphatic heterocycles. The Morgan fingerprint density at radius 2 is 2.03 bits per heavy atom. The normalized spacial score (nSPS) is 11.9. The van der Waals surface area contributed by atoms with Gasteiger partial charge in [0.05, 0.1) is 14.6 Å². The van der Waals surface area contributed by atoms with Crippen LogP contribution in [0.2, 0.25) is 5.02 Å². The lowest BCUT2D eigenvalue weighted by Gasteiger charge is -2.16. The first kappa shape index (κ1) is 24.0. The summed E-state index contributed by atoms with van der Waals surface area (Å²) < 4.78 is 0.877. The molecule has 1 aromatic carbocycles. The van der Waals surface area contributed by atoms with Crippen LogP contribution < -0.4 is 5.32 Å². The predicted octanol–water partition coefficient (Wildman–Crippen LogP) is 5.91. The van der Waals surface area contributed by atoms with Gasteiger partial charge in [-0.2, -0.15) is 17.0 Å². The van der Waals surface area contributed by atoms with E-state index in [1.165, 1.54) is 11.3 Å². The van der Waals surface area contributed by atoms with E-state index < -0.39 is 12.0 Å². The highest BCUT2D eigenvalue weighted by Crippen LogP contribution is 2.43. The van der Waals surface area contributed by atoms with E-state index >= 15 is 0 Å². The van der Waals surface area contributed by atoms with Gasteiger partial charge in [-0.15, -0.1) is 23.1 Å². The molecule has 1 heterocycles. The second-order valence-electron chi connectivity index (χ2n) is 6.40. The van der Waals surface area contributed by atoms with Crippen LogP contribution in [0.3, 0.4) is 0 Å². The van der Waals surface area contributed by atoms with Crippen molar-refractivity contribution >= 4 is 69.6 Å². The number of hydrogen-bond acceptors (Lipinski definition) is 6. The third-order valence-corrected chi connectivity index (χ3v) is 7.66. The molecular weight excluding hydrogens is 464 g/mol. The van der Waals surface area contributed by atoms with E-state index in [2.05, 4.69) is 25.2 Å². The number of nitriles is 1. The van der Waals surface area contributed by atoms with Crippen molar-refractivity contribution in [1.29, 1.82) is 5.26 Å². The number of thiophene rings is 1. The van der Waals surface area contributed by atoms with E-state index in [9.17, 15) is 15.2 Å². The van der Waals surface area contributed by atoms with Crippen LogP contribution in [0.15, 0.2) is 28.5 Å². The summed E-state index contributed by atoms with van der Waals surface area (Å²) in [5, 5.41) is 23.3. The lowest BCUT2D eigenvalue weighted by molar-refractivity contribution is -0.139. The van der Waals surface area contributed by atoms with Crippen molar-refractivity contribution in [3.8, 4) is 17.2 Å². The van der Waals surface area contributed by atoms with E-state index in [1.54, 1.807) is 35.7 Å². The Morgan fingerprint density at radius 1 is 1.38 bits per heavy atom. The maximum atomic E-state index is 11.6. The minimum absolute atomic E-state index is 0.293. The molecule has 0 saturated carbocycles. The zero-order chi connectivity index (χ0) is 21.6. The molecular formula is C20H21ClN2O2S4. The molecule has 1 aromatic heterocycles. The summed E-state index contributed by atoms with van der Waals surface area (Å²) in [6.45, 7) is 4.12. The smallest absolute Gasteiger partial charge is 0.326 e. The predicted molar refractivity (Wildman–Crippen MR) is 130 cm³/mol. The highest BCUT2D eigenvalue weighted by atomic mass is 35.5. The van der Waals surface area contributed by atoms with Crippen molar-refractivity contribution in [3.05, 3.63) is 39.7 Å². The zero-order valence-corrected chi connectivity index (χ0v) is 20.2. The van der Waals surface area contributed by atoms with Crippen LogP contribution in [-0.2, 0) is 4.79 Å². The maximum Gasteiger partial charge on any atom is 0.326 e. The molecule has 0 unspecified atom stereocenters. The number of nitrogens with zero attached hydrogens (tertiary/aromatic N) is 1. The highest BCUT2D eigenvalue weighted by Gasteiger charge is 2.26. The van der Waals surface area contributed by atoms with E-state index in [-0.39, 0.29) is 0 Å². The first-order valence-corrected chi connectivity index (χ1v) is 12.7. The fourth-order valence-electron chi connectivity index (χ4n) is 2.58. The molecule has 154 valence electrons. The summed E-state index contributed by atoms with van der Waals surface area (Å²) in [5.41, 5.74) is 2.11. The second-order valence-corrected chi connectivity index (χ2v) is 11.1. The number of thioether (sulfide) groups is 2. The summed E-state index contributed by atoms with van der Waals surface area (Å²) in [5.74, 6) is -0.234. The average Bonchev–Trinajstić information content (AvgIpc) is 3.02. The molecule has 2 N–H and O–H groups in total. The minimum atomic E-state index is -0.941. The van der Waals surface area contributed by atoms with Gasteiger partial charge in [0.25, 0.3) is 0 Å². The number of nitrogens with one attached hydrogen (secondary N) is 1. The van der Waals surface area contributed by atoms with Gasteiger partial charge >= 0.3 is 5.97 Å². The summed E-state index contributed by atoms with van der Waals surface area (Å²) in [6, 6.07) is 8.78. The van der Waals surface area contributed by atoms with E-state index in [1.807, 2.05) is 18.4 Å². The molecule has 2 aromatic rings. The number of rotatable bonds is 9. The molecule has 0 aliphatic carbocycles. The summed E-state index contributed by atoms with van der Waals surface area (Å²) in [7, 11) is 0. The first-order chi connectivity index (χ1) is 13.8. The van der Waals surface area contributed by atoms with Crippen molar-refractivity contribution in [2.75, 3.05) is 12.0 Å². The molecule has 2 rings (SSSR count). The molecule has 0 radical (unpaired) electrons. The quantitative estimate of drug-likeness (QED) is 0.338. The van der Waals surface area contributed by atoms with Crippen molar-refractivity contribution < 1.29 is 9.90 Å². The van der Waals surface area contributed by atoms with Crippen LogP contribution in [0.25, 0.3) is 11.1 Å². The van der Waals surface area contributed by atoms with Crippen molar-refractivity contribution in [2.45, 2.75) is 35.8 Å². The molecule has 9 heteroatoms. The van der Waals surface area contributed by atoms with Crippen LogP contribution in [0.1, 0.15) is 30.7 Å². The lowest BCUT2D eigenvalue weighted by atomic mass is 10.0. The fraction of sp³-hybridized carbons (Fsp3) is 0.350. The SMILES string of the molecule is CSCC[C@H](NC(=S)c1sc(SC(C)C)c(C#N)c1-c1ccc(Cl)cc1)C(=O)O. The van der Waals surface area contributed by atoms with Crippen molar-refractivity contribution in [3.63, 3.8) is 0 Å². The second kappa shape index (κ2) is 11.2. The van der Waals surface area contributed by atoms with Gasteiger partial charge in [0.2, 0.25) is 0 Å². The molecule has 29 heavy (non-hydrogen) atoms. The van der Waals surface area contributed by atoms with Crippen LogP contribution >= 0.6 is 58.7 Å². The van der Waals surface area contributed by atoms with E-state index in [0.717, 1.165) is 15.3 Å². The van der Waals surface area contributed by atoms with Gasteiger partial charge < -0.3 is 10.4 Å². The van der Waals surface area contributed by atoms with Gasteiger partial charge in [0.15, 0.2) is 0 Å². The topological polar surface area (TPSA) is 73.1 Å². The van der Waals surface area contributed by atoms with Crippen LogP contribution in [-0.4, -0.2) is 39.4 Å². The van der Waals surface area contributed by atoms with Gasteiger partial charge in [0.1, 0.15) is 17.1 Å². The number of benzene rings is 1. The number of carboxylic acids is 1. The Morgan fingerprint density at radius 3 is 2.55 bits per heavy atom. The Kier molecular flexibility index (Phi) is 9.31. The number of carboxylic acid groups (broad SMARTS) is 1. The molecule has 0 amide bonds. The van der Waals surface area contributed by atoms with Gasteiger partial charge in [0, 0.05) is 15.8 Å². The van der Waals surface area contributed by atoms with E-state index in [0.29, 0.717) is 37.9 Å². The molecule has 0 saturated heterocycles. The number of halogens is 1. The summed E-state index contributed by atoms with van der Waals surface area (Å²) >= 11 is 16.2. The Hall–Kier alpha value is -1.24. The van der Waals surface area contributed by atoms with Crippen molar-refractivity contribution in [1.82, 2.24) is 5.32 Å². The number of thiocarbonyl (C=S) groups is 1. The van der Waals surface area contributed by atoms with Gasteiger partial charge in [-0.3, -0.25) is 0 Å². The highest BCUT2D eigenvalue weighted by molar-refractivity contribution is 8.01. The van der Waals surface area contributed by atoms with Gasteiger partial charge in [-0.05, 0) is 36.1 Å². The zero-order valence-electron chi connectivity index (χ0n) is 16.2. The molecule has 0 bridgehead atoms. The number of aliphatic carboxylic acids is 1. The molecule has 0 fully saturated rings. The number of carbonyl (C=O) groups is 1. The first-order valence-electron chi connectivity index (χ1n) is 8.80. The monoisotopic (exact) mass is 484 g/mol. The minimum Gasteiger partial charge on any atom is -0.480 e. The van der Waals surface area contributed by atoms with E-state index in [4.69, 9.17) is 23.8 Å². The van der Waals surface area contributed by atoms with Gasteiger partial charge in [-0.1, -0.05) is 49.8 Å². The van der Waals surface area contributed by atoms with Crippen LogP contribution in [0, 0.1) is 11.3 Å². The lowest BCUT2D eigenvalue weighted by Crippen LogP contribution is -2.40. The average molecular weight is 485 g/mol. The molecule has 0 spiro atoms. The largest absolute Gasteiger partial charge is 0.480 e. The van der Waals surface area contributed by atoms with Crippen molar-refractivity contribution in [2.24, 2.45) is 0 Å². The maximum absolute atomic E-state index is 11.6. The third-order valence-electron chi connectivity index (χ3n) is 3.88. The molecule has 0 aliphatic rings. The van der Waals surface area contributed by atoms with Crippen LogP contribution in [0.4, 0.5) is 0 Å². The number of hydrogen-bond donors (Lipinski definition) is 2. The summed E-state index contributed by atoms with van der Waals surface area (Å²) in [6.07, 6.45) is 2.39. The third kappa shape index (κ3) is 6.37. The molecule has 1 atom stereocenters. The fourth-order valence-corrected chi connectivity index (χ4v) is 6.17. The summed E-state index contributed by atoms with van der Waals surface area (Å²) in [4.78, 5) is 12.7. The Balaban J connectivity index is 2.52.